The Bertz CT molecular complexity index is 1180. The van der Waals surface area contributed by atoms with E-state index in [0.29, 0.717) is 18.4 Å². The summed E-state index contributed by atoms with van der Waals surface area (Å²) in [6, 6.07) is 11.8. The lowest BCUT2D eigenvalue weighted by atomic mass is 9.87. The standard InChI is InChI=1S/C27H31N5O2/c33-26(23-4-2-1-3-5-23)32-15-11-22(12-16-32)21-6-8-24(9-7-21)30-27(34)29-19-20-10-14-31-17-13-28-25(31)18-20/h1-2,6-10,13-14,17-18,22-23H,3-5,11-12,15-16,19H2,(H2,29,30,34). The van der Waals surface area contributed by atoms with Crippen LogP contribution in [0, 0.1) is 5.92 Å². The zero-order valence-corrected chi connectivity index (χ0v) is 19.3. The Kier molecular flexibility index (Phi) is 6.60. The van der Waals surface area contributed by atoms with Gasteiger partial charge in [-0.05, 0) is 73.4 Å². The Morgan fingerprint density at radius 2 is 1.82 bits per heavy atom. The minimum absolute atomic E-state index is 0.173. The number of urea groups is 1. The molecule has 1 unspecified atom stereocenters. The van der Waals surface area contributed by atoms with Crippen LogP contribution in [0.3, 0.4) is 0 Å². The maximum Gasteiger partial charge on any atom is 0.319 e. The normalized spacial score (nSPS) is 18.7. The zero-order chi connectivity index (χ0) is 23.3. The topological polar surface area (TPSA) is 78.7 Å². The molecular weight excluding hydrogens is 426 g/mol. The summed E-state index contributed by atoms with van der Waals surface area (Å²) >= 11 is 0. The molecule has 7 nitrogen and oxygen atoms in total. The third-order valence-electron chi connectivity index (χ3n) is 6.98. The lowest BCUT2D eigenvalue weighted by Gasteiger charge is -2.35. The molecule has 1 aliphatic carbocycles. The van der Waals surface area contributed by atoms with Crippen molar-refractivity contribution in [3.05, 3.63) is 78.3 Å². The first-order valence-corrected chi connectivity index (χ1v) is 12.2. The van der Waals surface area contributed by atoms with Gasteiger partial charge in [-0.2, -0.15) is 0 Å². The van der Waals surface area contributed by atoms with E-state index in [9.17, 15) is 9.59 Å². The van der Waals surface area contributed by atoms with E-state index in [1.165, 1.54) is 5.56 Å². The summed E-state index contributed by atoms with van der Waals surface area (Å²) in [6.45, 7) is 2.09. The number of piperidine rings is 1. The Labute approximate surface area is 199 Å². The second-order valence-corrected chi connectivity index (χ2v) is 9.24. The van der Waals surface area contributed by atoms with Crippen LogP contribution in [0.5, 0.6) is 0 Å². The van der Waals surface area contributed by atoms with Gasteiger partial charge in [0.25, 0.3) is 0 Å². The monoisotopic (exact) mass is 457 g/mol. The average molecular weight is 458 g/mol. The highest BCUT2D eigenvalue weighted by Gasteiger charge is 2.28. The number of fused-ring (bicyclic) bond motifs is 1. The van der Waals surface area contributed by atoms with Gasteiger partial charge in [-0.15, -0.1) is 0 Å². The Hall–Kier alpha value is -3.61. The highest BCUT2D eigenvalue weighted by Crippen LogP contribution is 2.30. The Balaban J connectivity index is 1.09. The van der Waals surface area contributed by atoms with E-state index < -0.39 is 0 Å². The summed E-state index contributed by atoms with van der Waals surface area (Å²) in [5, 5.41) is 5.80. The first-order chi connectivity index (χ1) is 16.7. The van der Waals surface area contributed by atoms with E-state index in [-0.39, 0.29) is 11.9 Å². The molecule has 2 N–H and O–H groups in total. The largest absolute Gasteiger partial charge is 0.342 e. The first-order valence-electron chi connectivity index (χ1n) is 12.2. The molecule has 2 aromatic heterocycles. The number of benzene rings is 1. The number of allylic oxidation sites excluding steroid dienone is 2. The number of imidazole rings is 1. The van der Waals surface area contributed by atoms with Crippen LogP contribution in [0.15, 0.2) is 67.1 Å². The number of anilines is 1. The molecule has 2 aliphatic rings. The van der Waals surface area contributed by atoms with Crippen LogP contribution < -0.4 is 10.6 Å². The van der Waals surface area contributed by atoms with Gasteiger partial charge in [-0.3, -0.25) is 4.79 Å². The lowest BCUT2D eigenvalue weighted by Crippen LogP contribution is -2.41. The SMILES string of the molecule is O=C(NCc1ccn2ccnc2c1)Nc1ccc(C2CCN(C(=O)C3CC=CCC3)CC2)cc1. The fourth-order valence-corrected chi connectivity index (χ4v) is 4.97. The number of hydrogen-bond acceptors (Lipinski definition) is 3. The van der Waals surface area contributed by atoms with E-state index in [0.717, 1.165) is 62.1 Å². The number of carbonyl (C=O) groups is 2. The molecule has 0 radical (unpaired) electrons. The lowest BCUT2D eigenvalue weighted by molar-refractivity contribution is -0.136. The van der Waals surface area contributed by atoms with Crippen molar-refractivity contribution >= 4 is 23.3 Å². The van der Waals surface area contributed by atoms with Crippen molar-refractivity contribution in [2.45, 2.75) is 44.6 Å². The molecule has 0 spiro atoms. The van der Waals surface area contributed by atoms with Gasteiger partial charge in [0.15, 0.2) is 0 Å². The van der Waals surface area contributed by atoms with Gasteiger partial charge >= 0.3 is 6.03 Å². The minimum Gasteiger partial charge on any atom is -0.342 e. The van der Waals surface area contributed by atoms with Crippen molar-refractivity contribution in [1.29, 1.82) is 0 Å². The fourth-order valence-electron chi connectivity index (χ4n) is 4.97. The number of nitrogens with zero attached hydrogens (tertiary/aromatic N) is 3. The molecule has 3 amide bonds. The number of aromatic nitrogens is 2. The number of pyridine rings is 1. The summed E-state index contributed by atoms with van der Waals surface area (Å²) in [5.74, 6) is 0.959. The summed E-state index contributed by atoms with van der Waals surface area (Å²) < 4.78 is 1.93. The molecular formula is C27H31N5O2. The van der Waals surface area contributed by atoms with Crippen LogP contribution in [0.25, 0.3) is 5.65 Å². The smallest absolute Gasteiger partial charge is 0.319 e. The molecule has 34 heavy (non-hydrogen) atoms. The van der Waals surface area contributed by atoms with Crippen molar-refractivity contribution in [3.8, 4) is 0 Å². The van der Waals surface area contributed by atoms with Crippen LogP contribution in [0.2, 0.25) is 0 Å². The number of amides is 3. The maximum absolute atomic E-state index is 12.8. The molecule has 3 heterocycles. The molecule has 1 aromatic carbocycles. The van der Waals surface area contributed by atoms with Gasteiger partial charge in [-0.1, -0.05) is 24.3 Å². The molecule has 3 aromatic rings. The number of rotatable bonds is 5. The van der Waals surface area contributed by atoms with Gasteiger partial charge in [0.05, 0.1) is 0 Å². The summed E-state index contributed by atoms with van der Waals surface area (Å²) in [6.07, 6.45) is 14.8. The van der Waals surface area contributed by atoms with Crippen molar-refractivity contribution in [3.63, 3.8) is 0 Å². The minimum atomic E-state index is -0.236. The Morgan fingerprint density at radius 3 is 2.59 bits per heavy atom. The molecule has 1 atom stereocenters. The molecule has 0 saturated carbocycles. The number of nitrogens with one attached hydrogen (secondary N) is 2. The van der Waals surface area contributed by atoms with Crippen LogP contribution in [-0.4, -0.2) is 39.3 Å². The van der Waals surface area contributed by atoms with Gasteiger partial charge in [0, 0.05) is 49.8 Å². The van der Waals surface area contributed by atoms with Crippen molar-refractivity contribution in [2.24, 2.45) is 5.92 Å². The van der Waals surface area contributed by atoms with Gasteiger partial charge in [0.1, 0.15) is 5.65 Å². The predicted octanol–water partition coefficient (Wildman–Crippen LogP) is 4.72. The highest BCUT2D eigenvalue weighted by molar-refractivity contribution is 5.89. The number of hydrogen-bond donors (Lipinski definition) is 2. The molecule has 7 heteroatoms. The van der Waals surface area contributed by atoms with Crippen LogP contribution in [0.1, 0.15) is 49.1 Å². The molecule has 5 rings (SSSR count). The molecule has 1 aliphatic heterocycles. The quantitative estimate of drug-likeness (QED) is 0.544. The summed E-state index contributed by atoms with van der Waals surface area (Å²) in [5.41, 5.74) is 3.89. The van der Waals surface area contributed by atoms with E-state index in [1.807, 2.05) is 41.1 Å². The molecule has 1 saturated heterocycles. The van der Waals surface area contributed by atoms with Gasteiger partial charge in [0.2, 0.25) is 5.91 Å². The number of likely N-dealkylation sites (tertiary alicyclic amines) is 1. The van der Waals surface area contributed by atoms with Crippen molar-refractivity contribution in [2.75, 3.05) is 18.4 Å². The maximum atomic E-state index is 12.8. The van der Waals surface area contributed by atoms with E-state index >= 15 is 0 Å². The zero-order valence-electron chi connectivity index (χ0n) is 19.3. The predicted molar refractivity (Wildman–Crippen MR) is 133 cm³/mol. The Morgan fingerprint density at radius 1 is 1.00 bits per heavy atom. The first kappa shape index (κ1) is 22.2. The van der Waals surface area contributed by atoms with Crippen LogP contribution in [0.4, 0.5) is 10.5 Å². The van der Waals surface area contributed by atoms with Crippen LogP contribution >= 0.6 is 0 Å². The summed E-state index contributed by atoms with van der Waals surface area (Å²) in [4.78, 5) is 31.4. The molecule has 176 valence electrons. The van der Waals surface area contributed by atoms with E-state index in [2.05, 4.69) is 44.8 Å². The second-order valence-electron chi connectivity index (χ2n) is 9.24. The fraction of sp³-hybridized carbons (Fsp3) is 0.370. The van der Waals surface area contributed by atoms with Crippen molar-refractivity contribution in [1.82, 2.24) is 19.6 Å². The highest BCUT2D eigenvalue weighted by atomic mass is 16.2. The third kappa shape index (κ3) is 5.14. The number of carbonyl (C=O) groups excluding carboxylic acids is 2. The van der Waals surface area contributed by atoms with Gasteiger partial charge < -0.3 is 19.9 Å². The second kappa shape index (κ2) is 10.1. The third-order valence-corrected chi connectivity index (χ3v) is 6.98. The van der Waals surface area contributed by atoms with Crippen LogP contribution in [-0.2, 0) is 11.3 Å². The molecule has 0 bridgehead atoms. The van der Waals surface area contributed by atoms with Crippen molar-refractivity contribution < 1.29 is 9.59 Å². The average Bonchev–Trinajstić information content (AvgIpc) is 3.36. The molecule has 1 fully saturated rings. The van der Waals surface area contributed by atoms with Gasteiger partial charge in [-0.25, -0.2) is 9.78 Å². The van der Waals surface area contributed by atoms with E-state index in [4.69, 9.17) is 0 Å². The summed E-state index contributed by atoms with van der Waals surface area (Å²) in [7, 11) is 0. The van der Waals surface area contributed by atoms with E-state index in [1.54, 1.807) is 6.20 Å².